The SMILES string of the molecule is Cc1noc(CCC(=O)N2CCCC[C@H]2c2nc(N(C)C)ncc2-c2cccc(F)c2)n1. The van der Waals surface area contributed by atoms with E-state index >= 15 is 0 Å². The van der Waals surface area contributed by atoms with Crippen LogP contribution in [0.3, 0.4) is 0 Å². The third-order valence-corrected chi connectivity index (χ3v) is 5.60. The smallest absolute Gasteiger partial charge is 0.227 e. The summed E-state index contributed by atoms with van der Waals surface area (Å²) in [7, 11) is 3.74. The molecule has 1 fully saturated rings. The number of rotatable bonds is 6. The Balaban J connectivity index is 1.66. The van der Waals surface area contributed by atoms with Crippen molar-refractivity contribution in [3.63, 3.8) is 0 Å². The predicted molar refractivity (Wildman–Crippen MR) is 117 cm³/mol. The minimum absolute atomic E-state index is 0.0146. The molecule has 1 atom stereocenters. The quantitative estimate of drug-likeness (QED) is 0.579. The molecule has 1 aliphatic rings. The van der Waals surface area contributed by atoms with E-state index in [-0.39, 0.29) is 24.2 Å². The predicted octanol–water partition coefficient (Wildman–Crippen LogP) is 3.73. The van der Waals surface area contributed by atoms with Gasteiger partial charge in [0.15, 0.2) is 5.82 Å². The van der Waals surface area contributed by atoms with Crippen molar-refractivity contribution >= 4 is 11.9 Å². The Morgan fingerprint density at radius 3 is 2.84 bits per heavy atom. The van der Waals surface area contributed by atoms with E-state index in [0.29, 0.717) is 36.2 Å². The number of aromatic nitrogens is 4. The molecule has 0 unspecified atom stereocenters. The minimum atomic E-state index is -0.323. The highest BCUT2D eigenvalue weighted by molar-refractivity contribution is 5.77. The van der Waals surface area contributed by atoms with Gasteiger partial charge >= 0.3 is 0 Å². The van der Waals surface area contributed by atoms with Crippen molar-refractivity contribution in [1.82, 2.24) is 25.0 Å². The zero-order valence-electron chi connectivity index (χ0n) is 18.6. The van der Waals surface area contributed by atoms with Crippen LogP contribution in [-0.2, 0) is 11.2 Å². The van der Waals surface area contributed by atoms with Gasteiger partial charge in [-0.15, -0.1) is 0 Å². The standard InChI is InChI=1S/C23H27FN6O2/c1-15-26-20(32-28-15)10-11-21(31)30-12-5-4-9-19(30)22-18(14-25-23(27-22)29(2)3)16-7-6-8-17(24)13-16/h6-8,13-14,19H,4-5,9-12H2,1-3H3/t19-/m0/s1. The number of benzene rings is 1. The van der Waals surface area contributed by atoms with Crippen molar-refractivity contribution in [2.45, 2.75) is 45.1 Å². The number of amides is 1. The van der Waals surface area contributed by atoms with Crippen LogP contribution in [0.1, 0.15) is 49.1 Å². The number of anilines is 1. The fourth-order valence-electron chi connectivity index (χ4n) is 4.05. The highest BCUT2D eigenvalue weighted by Crippen LogP contribution is 2.37. The molecular formula is C23H27FN6O2. The van der Waals surface area contributed by atoms with E-state index in [1.807, 2.05) is 30.0 Å². The molecule has 1 aliphatic heterocycles. The van der Waals surface area contributed by atoms with Gasteiger partial charge in [-0.3, -0.25) is 4.79 Å². The maximum absolute atomic E-state index is 14.0. The molecule has 1 amide bonds. The largest absolute Gasteiger partial charge is 0.347 e. The number of piperidine rings is 1. The third kappa shape index (κ3) is 4.76. The Hall–Kier alpha value is -3.36. The Bertz CT molecular complexity index is 1100. The zero-order valence-corrected chi connectivity index (χ0v) is 18.6. The van der Waals surface area contributed by atoms with E-state index < -0.39 is 0 Å². The van der Waals surface area contributed by atoms with Crippen LogP contribution in [-0.4, -0.2) is 51.6 Å². The van der Waals surface area contributed by atoms with Crippen LogP contribution in [0.2, 0.25) is 0 Å². The molecule has 0 saturated carbocycles. The van der Waals surface area contributed by atoms with E-state index in [9.17, 15) is 9.18 Å². The minimum Gasteiger partial charge on any atom is -0.347 e. The average molecular weight is 439 g/mol. The van der Waals surface area contributed by atoms with Gasteiger partial charge in [0.2, 0.25) is 17.7 Å². The van der Waals surface area contributed by atoms with Crippen molar-refractivity contribution in [3.05, 3.63) is 53.7 Å². The first-order valence-electron chi connectivity index (χ1n) is 10.8. The lowest BCUT2D eigenvalue weighted by atomic mass is 9.93. The number of hydrogen-bond donors (Lipinski definition) is 0. The maximum Gasteiger partial charge on any atom is 0.227 e. The Labute approximate surface area is 186 Å². The average Bonchev–Trinajstić information content (AvgIpc) is 3.22. The molecule has 0 radical (unpaired) electrons. The summed E-state index contributed by atoms with van der Waals surface area (Å²) in [5.74, 6) is 1.26. The van der Waals surface area contributed by atoms with Crippen LogP contribution >= 0.6 is 0 Å². The summed E-state index contributed by atoms with van der Waals surface area (Å²) < 4.78 is 19.1. The number of carbonyl (C=O) groups excluding carboxylic acids is 1. The second kappa shape index (κ2) is 9.42. The van der Waals surface area contributed by atoms with Gasteiger partial charge in [-0.05, 0) is 43.9 Å². The Morgan fingerprint density at radius 2 is 2.12 bits per heavy atom. The van der Waals surface area contributed by atoms with Crippen molar-refractivity contribution in [2.75, 3.05) is 25.5 Å². The van der Waals surface area contributed by atoms with E-state index in [2.05, 4.69) is 15.1 Å². The molecular weight excluding hydrogens is 411 g/mol. The van der Waals surface area contributed by atoms with Gasteiger partial charge in [-0.1, -0.05) is 17.3 Å². The van der Waals surface area contributed by atoms with Gasteiger partial charge in [0.05, 0.1) is 11.7 Å². The Kier molecular flexibility index (Phi) is 6.43. The van der Waals surface area contributed by atoms with E-state index in [0.717, 1.165) is 30.5 Å². The molecule has 4 rings (SSSR count). The first-order chi connectivity index (χ1) is 15.4. The number of nitrogens with zero attached hydrogens (tertiary/aromatic N) is 6. The lowest BCUT2D eigenvalue weighted by molar-refractivity contribution is -0.135. The van der Waals surface area contributed by atoms with E-state index in [4.69, 9.17) is 9.51 Å². The van der Waals surface area contributed by atoms with Crippen LogP contribution < -0.4 is 4.90 Å². The third-order valence-electron chi connectivity index (χ3n) is 5.60. The van der Waals surface area contributed by atoms with Crippen LogP contribution in [0, 0.1) is 12.7 Å². The van der Waals surface area contributed by atoms with Crippen molar-refractivity contribution in [1.29, 1.82) is 0 Å². The van der Waals surface area contributed by atoms with Crippen LogP contribution in [0.15, 0.2) is 35.0 Å². The fraction of sp³-hybridized carbons (Fsp3) is 0.435. The molecule has 3 aromatic rings. The molecule has 0 spiro atoms. The van der Waals surface area contributed by atoms with Gasteiger partial charge in [0, 0.05) is 45.2 Å². The lowest BCUT2D eigenvalue weighted by Crippen LogP contribution is -2.39. The summed E-state index contributed by atoms with van der Waals surface area (Å²) in [6.45, 7) is 2.40. The van der Waals surface area contributed by atoms with Crippen LogP contribution in [0.4, 0.5) is 10.3 Å². The number of halogens is 1. The molecule has 9 heteroatoms. The molecule has 0 bridgehead atoms. The highest BCUT2D eigenvalue weighted by atomic mass is 19.1. The topological polar surface area (TPSA) is 88.3 Å². The van der Waals surface area contributed by atoms with E-state index in [1.165, 1.54) is 12.1 Å². The highest BCUT2D eigenvalue weighted by Gasteiger charge is 2.31. The first-order valence-corrected chi connectivity index (χ1v) is 10.8. The molecule has 3 heterocycles. The van der Waals surface area contributed by atoms with Crippen molar-refractivity contribution in [3.8, 4) is 11.1 Å². The second-order valence-corrected chi connectivity index (χ2v) is 8.21. The van der Waals surface area contributed by atoms with E-state index in [1.54, 1.807) is 19.2 Å². The molecule has 32 heavy (non-hydrogen) atoms. The molecule has 0 aliphatic carbocycles. The first kappa shape index (κ1) is 21.9. The van der Waals surface area contributed by atoms with Crippen molar-refractivity contribution < 1.29 is 13.7 Å². The lowest BCUT2D eigenvalue weighted by Gasteiger charge is -2.36. The van der Waals surface area contributed by atoms with Crippen LogP contribution in [0.5, 0.6) is 0 Å². The number of carbonyl (C=O) groups is 1. The number of aryl methyl sites for hydroxylation is 2. The molecule has 0 N–H and O–H groups in total. The molecule has 1 aromatic carbocycles. The van der Waals surface area contributed by atoms with Crippen molar-refractivity contribution in [2.24, 2.45) is 0 Å². The molecule has 2 aromatic heterocycles. The summed E-state index contributed by atoms with van der Waals surface area (Å²) in [5.41, 5.74) is 2.19. The van der Waals surface area contributed by atoms with Gasteiger partial charge in [-0.2, -0.15) is 4.98 Å². The summed E-state index contributed by atoms with van der Waals surface area (Å²) in [6.07, 6.45) is 5.11. The van der Waals surface area contributed by atoms with Gasteiger partial charge in [0.1, 0.15) is 5.82 Å². The second-order valence-electron chi connectivity index (χ2n) is 8.21. The summed E-state index contributed by atoms with van der Waals surface area (Å²) in [6, 6.07) is 6.19. The van der Waals surface area contributed by atoms with Gasteiger partial charge < -0.3 is 14.3 Å². The fourth-order valence-corrected chi connectivity index (χ4v) is 4.05. The molecule has 8 nitrogen and oxygen atoms in total. The molecule has 168 valence electrons. The molecule has 1 saturated heterocycles. The number of hydrogen-bond acceptors (Lipinski definition) is 7. The summed E-state index contributed by atoms with van der Waals surface area (Å²) >= 11 is 0. The van der Waals surface area contributed by atoms with Crippen LogP contribution in [0.25, 0.3) is 11.1 Å². The summed E-state index contributed by atoms with van der Waals surface area (Å²) in [4.78, 5) is 30.4. The monoisotopic (exact) mass is 438 g/mol. The normalized spacial score (nSPS) is 16.2. The maximum atomic E-state index is 14.0. The zero-order chi connectivity index (χ0) is 22.7. The summed E-state index contributed by atoms with van der Waals surface area (Å²) in [5, 5.41) is 3.78. The number of likely N-dealkylation sites (tertiary alicyclic amines) is 1. The van der Waals surface area contributed by atoms with Gasteiger partial charge in [0.25, 0.3) is 0 Å². The Morgan fingerprint density at radius 1 is 1.28 bits per heavy atom. The van der Waals surface area contributed by atoms with Gasteiger partial charge in [-0.25, -0.2) is 14.4 Å².